The van der Waals surface area contributed by atoms with Crippen molar-refractivity contribution in [3.05, 3.63) is 69.7 Å². The summed E-state index contributed by atoms with van der Waals surface area (Å²) in [5, 5.41) is 0. The first-order chi connectivity index (χ1) is 13.1. The minimum atomic E-state index is -0.455. The lowest BCUT2D eigenvalue weighted by atomic mass is 9.87. The molecule has 2 amide bonds. The Balaban J connectivity index is 1.79. The van der Waals surface area contributed by atoms with E-state index in [1.165, 1.54) is 6.08 Å². The number of hydrogen-bond acceptors (Lipinski definition) is 3. The second kappa shape index (κ2) is 9.55. The lowest BCUT2D eigenvalue weighted by Gasteiger charge is -2.20. The Morgan fingerprint density at radius 3 is 2.36 bits per heavy atom. The molecule has 0 heterocycles. The Hall–Kier alpha value is -2.60. The summed E-state index contributed by atoms with van der Waals surface area (Å²) < 4.78 is 6.29. The molecule has 0 aliphatic heterocycles. The summed E-state index contributed by atoms with van der Waals surface area (Å²) in [7, 11) is 0. The molecule has 0 unspecified atom stereocenters. The summed E-state index contributed by atoms with van der Waals surface area (Å²) >= 11 is 3.46. The maximum Gasteiger partial charge on any atom is 0.276 e. The van der Waals surface area contributed by atoms with Crippen LogP contribution < -0.4 is 15.6 Å². The summed E-state index contributed by atoms with van der Waals surface area (Å²) in [5.41, 5.74) is 7.88. The molecule has 2 aromatic carbocycles. The number of ether oxygens (including phenoxy) is 1. The molecule has 5 nitrogen and oxygen atoms in total. The Kier molecular flexibility index (Phi) is 7.40. The summed E-state index contributed by atoms with van der Waals surface area (Å²) in [6.07, 6.45) is 3.03. The number of amides is 2. The molecule has 2 aromatic rings. The van der Waals surface area contributed by atoms with Crippen molar-refractivity contribution >= 4 is 33.8 Å². The highest BCUT2D eigenvalue weighted by atomic mass is 79.9. The van der Waals surface area contributed by atoms with Crippen molar-refractivity contribution in [2.45, 2.75) is 33.1 Å². The van der Waals surface area contributed by atoms with Crippen LogP contribution >= 0.6 is 15.9 Å². The van der Waals surface area contributed by atoms with Crippen LogP contribution in [0.15, 0.2) is 53.0 Å². The van der Waals surface area contributed by atoms with Gasteiger partial charge in [0.15, 0.2) is 6.61 Å². The van der Waals surface area contributed by atoms with Gasteiger partial charge >= 0.3 is 0 Å². The van der Waals surface area contributed by atoms with Gasteiger partial charge in [-0.1, -0.05) is 56.7 Å². The molecule has 0 radical (unpaired) electrons. The Morgan fingerprint density at radius 1 is 1.07 bits per heavy atom. The van der Waals surface area contributed by atoms with E-state index < -0.39 is 11.8 Å². The van der Waals surface area contributed by atoms with Crippen molar-refractivity contribution < 1.29 is 14.3 Å². The number of hydrazine groups is 1. The second-order valence-corrected chi connectivity index (χ2v) is 8.32. The van der Waals surface area contributed by atoms with Crippen molar-refractivity contribution in [2.75, 3.05) is 6.61 Å². The van der Waals surface area contributed by atoms with E-state index in [1.54, 1.807) is 6.08 Å². The van der Waals surface area contributed by atoms with E-state index in [4.69, 9.17) is 4.74 Å². The minimum Gasteiger partial charge on any atom is -0.483 e. The van der Waals surface area contributed by atoms with E-state index in [1.807, 2.05) is 49.4 Å². The minimum absolute atomic E-state index is 0.0226. The van der Waals surface area contributed by atoms with E-state index in [0.29, 0.717) is 5.75 Å². The number of carbonyl (C=O) groups excluding carboxylic acids is 2. The summed E-state index contributed by atoms with van der Waals surface area (Å²) in [5.74, 6) is -0.317. The fourth-order valence-corrected chi connectivity index (χ4v) is 2.78. The lowest BCUT2D eigenvalue weighted by molar-refractivity contribution is -0.128. The molecule has 6 heteroatoms. The number of nitrogens with one attached hydrogen (secondary N) is 2. The normalized spacial score (nSPS) is 11.3. The SMILES string of the molecule is Cc1ccc(C=CC(=O)NNC(=O)COc2ccc(C(C)(C)C)cc2Br)cc1. The lowest BCUT2D eigenvalue weighted by Crippen LogP contribution is -2.43. The zero-order valence-corrected chi connectivity index (χ0v) is 18.1. The predicted molar refractivity (Wildman–Crippen MR) is 115 cm³/mol. The van der Waals surface area contributed by atoms with Crippen LogP contribution in [0.1, 0.15) is 37.5 Å². The first-order valence-corrected chi connectivity index (χ1v) is 9.71. The van der Waals surface area contributed by atoms with Gasteiger partial charge in [-0.2, -0.15) is 0 Å². The molecule has 2 rings (SSSR count). The number of hydrogen-bond donors (Lipinski definition) is 2. The quantitative estimate of drug-likeness (QED) is 0.533. The number of benzene rings is 2. The molecule has 0 saturated heterocycles. The van der Waals surface area contributed by atoms with Crippen LogP contribution in [0.25, 0.3) is 6.08 Å². The average molecular weight is 445 g/mol. The van der Waals surface area contributed by atoms with Crippen molar-refractivity contribution in [1.82, 2.24) is 10.9 Å². The van der Waals surface area contributed by atoms with Gasteiger partial charge in [-0.15, -0.1) is 0 Å². The van der Waals surface area contributed by atoms with E-state index in [0.717, 1.165) is 21.2 Å². The third-order valence-electron chi connectivity index (χ3n) is 3.99. The Labute approximate surface area is 174 Å². The van der Waals surface area contributed by atoms with Crippen LogP contribution in [0.3, 0.4) is 0 Å². The highest BCUT2D eigenvalue weighted by Gasteiger charge is 2.15. The Morgan fingerprint density at radius 2 is 1.75 bits per heavy atom. The molecular formula is C22H25BrN2O3. The zero-order valence-electron chi connectivity index (χ0n) is 16.5. The van der Waals surface area contributed by atoms with Crippen LogP contribution in [0, 0.1) is 6.92 Å². The van der Waals surface area contributed by atoms with Gasteiger partial charge in [0.25, 0.3) is 11.8 Å². The molecule has 0 aliphatic carbocycles. The molecule has 148 valence electrons. The molecule has 0 fully saturated rings. The zero-order chi connectivity index (χ0) is 20.7. The molecule has 0 atom stereocenters. The number of aryl methyl sites for hydroxylation is 1. The summed E-state index contributed by atoms with van der Waals surface area (Å²) in [6.45, 7) is 8.15. The van der Waals surface area contributed by atoms with Crippen LogP contribution in [-0.4, -0.2) is 18.4 Å². The van der Waals surface area contributed by atoms with Crippen LogP contribution in [0.5, 0.6) is 5.75 Å². The van der Waals surface area contributed by atoms with Crippen molar-refractivity contribution in [1.29, 1.82) is 0 Å². The van der Waals surface area contributed by atoms with Gasteiger partial charge in [0, 0.05) is 6.08 Å². The van der Waals surface area contributed by atoms with E-state index in [9.17, 15) is 9.59 Å². The molecule has 0 aromatic heterocycles. The molecule has 0 bridgehead atoms. The van der Waals surface area contributed by atoms with Gasteiger partial charge in [0.05, 0.1) is 4.47 Å². The monoisotopic (exact) mass is 444 g/mol. The first kappa shape index (κ1) is 21.7. The fourth-order valence-electron chi connectivity index (χ4n) is 2.29. The van der Waals surface area contributed by atoms with Crippen molar-refractivity contribution in [3.63, 3.8) is 0 Å². The van der Waals surface area contributed by atoms with E-state index in [2.05, 4.69) is 47.6 Å². The van der Waals surface area contributed by atoms with E-state index >= 15 is 0 Å². The molecular weight excluding hydrogens is 420 g/mol. The van der Waals surface area contributed by atoms with Crippen LogP contribution in [0.4, 0.5) is 0 Å². The topological polar surface area (TPSA) is 67.4 Å². The maximum atomic E-state index is 11.9. The van der Waals surface area contributed by atoms with Gasteiger partial charge in [0.1, 0.15) is 5.75 Å². The van der Waals surface area contributed by atoms with Crippen molar-refractivity contribution in [3.8, 4) is 5.75 Å². The standard InChI is InChI=1S/C22H25BrN2O3/c1-15-5-7-16(8-6-15)9-12-20(26)24-25-21(27)14-28-19-11-10-17(13-18(19)23)22(2,3)4/h5-13H,14H2,1-4H3,(H,24,26)(H,25,27). The van der Waals surface area contributed by atoms with Crippen LogP contribution in [-0.2, 0) is 15.0 Å². The molecule has 0 aliphatic rings. The van der Waals surface area contributed by atoms with Gasteiger partial charge in [0.2, 0.25) is 0 Å². The van der Waals surface area contributed by atoms with Gasteiger partial charge < -0.3 is 4.74 Å². The smallest absolute Gasteiger partial charge is 0.276 e. The van der Waals surface area contributed by atoms with Gasteiger partial charge in [-0.25, -0.2) is 0 Å². The number of halogens is 1. The van der Waals surface area contributed by atoms with Crippen molar-refractivity contribution in [2.24, 2.45) is 0 Å². The molecule has 0 saturated carbocycles. The summed E-state index contributed by atoms with van der Waals surface area (Å²) in [6, 6.07) is 13.5. The maximum absolute atomic E-state index is 11.9. The highest BCUT2D eigenvalue weighted by molar-refractivity contribution is 9.10. The van der Waals surface area contributed by atoms with Gasteiger partial charge in [-0.05, 0) is 57.6 Å². The first-order valence-electron chi connectivity index (χ1n) is 8.91. The molecule has 2 N–H and O–H groups in total. The third-order valence-corrected chi connectivity index (χ3v) is 4.61. The average Bonchev–Trinajstić information content (AvgIpc) is 2.64. The van der Waals surface area contributed by atoms with Gasteiger partial charge in [-0.3, -0.25) is 20.4 Å². The predicted octanol–water partition coefficient (Wildman–Crippen LogP) is 4.29. The molecule has 0 spiro atoms. The number of carbonyl (C=O) groups is 2. The number of rotatable bonds is 5. The van der Waals surface area contributed by atoms with Crippen LogP contribution in [0.2, 0.25) is 0 Å². The third kappa shape index (κ3) is 6.85. The fraction of sp³-hybridized carbons (Fsp3) is 0.273. The summed E-state index contributed by atoms with van der Waals surface area (Å²) in [4.78, 5) is 23.7. The molecule has 28 heavy (non-hydrogen) atoms. The largest absolute Gasteiger partial charge is 0.483 e. The Bertz CT molecular complexity index is 868. The highest BCUT2D eigenvalue weighted by Crippen LogP contribution is 2.31. The second-order valence-electron chi connectivity index (χ2n) is 7.47. The van der Waals surface area contributed by atoms with E-state index in [-0.39, 0.29) is 12.0 Å².